The second-order valence-electron chi connectivity index (χ2n) is 4.38. The summed E-state index contributed by atoms with van der Waals surface area (Å²) >= 11 is 5.92. The third-order valence-electron chi connectivity index (χ3n) is 2.93. The van der Waals surface area contributed by atoms with Crippen LogP contribution in [0.1, 0.15) is 26.3 Å². The quantitative estimate of drug-likeness (QED) is 0.907. The van der Waals surface area contributed by atoms with Crippen LogP contribution in [0.2, 0.25) is 5.02 Å². The van der Waals surface area contributed by atoms with Crippen LogP contribution in [0.3, 0.4) is 0 Å². The van der Waals surface area contributed by atoms with Crippen molar-refractivity contribution in [1.29, 1.82) is 0 Å². The molecule has 21 heavy (non-hydrogen) atoms. The molecule has 0 heterocycles. The predicted octanol–water partition coefficient (Wildman–Crippen LogP) is 3.74. The van der Waals surface area contributed by atoms with Crippen molar-refractivity contribution in [3.8, 4) is 0 Å². The minimum atomic E-state index is -1.22. The SMILES string of the molecule is Cc1ccc(F)cc1C(=O)Nc1c(Cl)cccc1C(=O)O. The molecule has 108 valence electrons. The van der Waals surface area contributed by atoms with Gasteiger partial charge < -0.3 is 10.4 Å². The average Bonchev–Trinajstić information content (AvgIpc) is 2.43. The van der Waals surface area contributed by atoms with E-state index in [2.05, 4.69) is 5.32 Å². The summed E-state index contributed by atoms with van der Waals surface area (Å²) in [5.74, 6) is -2.39. The number of nitrogens with one attached hydrogen (secondary N) is 1. The number of benzene rings is 2. The van der Waals surface area contributed by atoms with Crippen molar-refractivity contribution in [2.24, 2.45) is 0 Å². The fraction of sp³-hybridized carbons (Fsp3) is 0.0667. The molecule has 0 saturated carbocycles. The molecule has 2 N–H and O–H groups in total. The molecule has 1 amide bonds. The Balaban J connectivity index is 2.41. The van der Waals surface area contributed by atoms with Gasteiger partial charge in [0.25, 0.3) is 5.91 Å². The van der Waals surface area contributed by atoms with E-state index in [4.69, 9.17) is 16.7 Å². The Hall–Kier alpha value is -2.40. The topological polar surface area (TPSA) is 66.4 Å². The molecule has 2 rings (SSSR count). The monoisotopic (exact) mass is 307 g/mol. The van der Waals surface area contributed by atoms with Gasteiger partial charge in [-0.05, 0) is 36.8 Å². The van der Waals surface area contributed by atoms with Crippen LogP contribution in [0, 0.1) is 12.7 Å². The number of aryl methyl sites for hydroxylation is 1. The lowest BCUT2D eigenvalue weighted by Gasteiger charge is -2.11. The fourth-order valence-electron chi connectivity index (χ4n) is 1.85. The van der Waals surface area contributed by atoms with E-state index in [-0.39, 0.29) is 21.8 Å². The van der Waals surface area contributed by atoms with E-state index in [0.29, 0.717) is 5.56 Å². The Bertz CT molecular complexity index is 731. The molecule has 2 aromatic rings. The van der Waals surface area contributed by atoms with Crippen LogP contribution in [0.25, 0.3) is 0 Å². The van der Waals surface area contributed by atoms with Crippen LogP contribution in [0.5, 0.6) is 0 Å². The molecule has 0 unspecified atom stereocenters. The molecule has 0 fully saturated rings. The Kier molecular flexibility index (Phi) is 4.23. The molecule has 0 spiro atoms. The van der Waals surface area contributed by atoms with Crippen LogP contribution in [-0.4, -0.2) is 17.0 Å². The molecule has 0 aliphatic rings. The fourth-order valence-corrected chi connectivity index (χ4v) is 2.07. The highest BCUT2D eigenvalue weighted by Crippen LogP contribution is 2.27. The zero-order chi connectivity index (χ0) is 15.6. The lowest BCUT2D eigenvalue weighted by molar-refractivity contribution is 0.0698. The highest BCUT2D eigenvalue weighted by molar-refractivity contribution is 6.34. The number of carboxylic acids is 1. The summed E-state index contributed by atoms with van der Waals surface area (Å²) in [7, 11) is 0. The van der Waals surface area contributed by atoms with Crippen molar-refractivity contribution in [3.05, 3.63) is 63.9 Å². The standard InChI is InChI=1S/C15H11ClFNO3/c1-8-5-6-9(17)7-11(8)14(19)18-13-10(15(20)21)3-2-4-12(13)16/h2-7H,1H3,(H,18,19)(H,20,21). The third kappa shape index (κ3) is 3.20. The third-order valence-corrected chi connectivity index (χ3v) is 3.24. The van der Waals surface area contributed by atoms with Crippen molar-refractivity contribution in [2.45, 2.75) is 6.92 Å². The number of anilines is 1. The first kappa shape index (κ1) is 15.0. The maximum absolute atomic E-state index is 13.2. The van der Waals surface area contributed by atoms with Gasteiger partial charge in [0, 0.05) is 5.56 Å². The zero-order valence-corrected chi connectivity index (χ0v) is 11.7. The maximum Gasteiger partial charge on any atom is 0.337 e. The molecule has 4 nitrogen and oxygen atoms in total. The van der Waals surface area contributed by atoms with E-state index in [9.17, 15) is 14.0 Å². The van der Waals surface area contributed by atoms with Gasteiger partial charge in [0.05, 0.1) is 16.3 Å². The first-order valence-electron chi connectivity index (χ1n) is 5.99. The highest BCUT2D eigenvalue weighted by atomic mass is 35.5. The van der Waals surface area contributed by atoms with Gasteiger partial charge in [0.15, 0.2) is 0 Å². The molecule has 2 aromatic carbocycles. The number of carbonyl (C=O) groups excluding carboxylic acids is 1. The number of hydrogen-bond acceptors (Lipinski definition) is 2. The van der Waals surface area contributed by atoms with Crippen LogP contribution < -0.4 is 5.32 Å². The van der Waals surface area contributed by atoms with E-state index in [0.717, 1.165) is 6.07 Å². The van der Waals surface area contributed by atoms with E-state index in [1.54, 1.807) is 6.92 Å². The van der Waals surface area contributed by atoms with Crippen LogP contribution in [0.4, 0.5) is 10.1 Å². The lowest BCUT2D eigenvalue weighted by Crippen LogP contribution is -2.16. The molecule has 0 bridgehead atoms. The highest BCUT2D eigenvalue weighted by Gasteiger charge is 2.17. The van der Waals surface area contributed by atoms with Crippen LogP contribution >= 0.6 is 11.6 Å². The van der Waals surface area contributed by atoms with Crippen molar-refractivity contribution < 1.29 is 19.1 Å². The van der Waals surface area contributed by atoms with Gasteiger partial charge >= 0.3 is 5.97 Å². The van der Waals surface area contributed by atoms with E-state index < -0.39 is 17.7 Å². The Morgan fingerprint density at radius 1 is 1.19 bits per heavy atom. The van der Waals surface area contributed by atoms with Gasteiger partial charge in [-0.2, -0.15) is 0 Å². The van der Waals surface area contributed by atoms with Crippen molar-refractivity contribution in [2.75, 3.05) is 5.32 Å². The minimum absolute atomic E-state index is 0.0136. The maximum atomic E-state index is 13.2. The minimum Gasteiger partial charge on any atom is -0.478 e. The van der Waals surface area contributed by atoms with Gasteiger partial charge in [-0.3, -0.25) is 4.79 Å². The summed E-state index contributed by atoms with van der Waals surface area (Å²) in [4.78, 5) is 23.3. The van der Waals surface area contributed by atoms with Crippen molar-refractivity contribution in [1.82, 2.24) is 0 Å². The summed E-state index contributed by atoms with van der Waals surface area (Å²) < 4.78 is 13.2. The van der Waals surface area contributed by atoms with E-state index >= 15 is 0 Å². The van der Waals surface area contributed by atoms with Gasteiger partial charge in [-0.15, -0.1) is 0 Å². The number of carbonyl (C=O) groups is 2. The molecule has 0 atom stereocenters. The largest absolute Gasteiger partial charge is 0.478 e. The Morgan fingerprint density at radius 3 is 2.57 bits per heavy atom. The van der Waals surface area contributed by atoms with Gasteiger partial charge in [0.2, 0.25) is 0 Å². The number of carboxylic acid groups (broad SMARTS) is 1. The molecule has 0 aliphatic carbocycles. The smallest absolute Gasteiger partial charge is 0.337 e. The Labute approximate surface area is 125 Å². The number of aromatic carboxylic acids is 1. The molecular formula is C15H11ClFNO3. The second kappa shape index (κ2) is 5.93. The molecular weight excluding hydrogens is 297 g/mol. The molecule has 0 aromatic heterocycles. The Morgan fingerprint density at radius 2 is 1.90 bits per heavy atom. The lowest BCUT2D eigenvalue weighted by atomic mass is 10.1. The molecule has 0 aliphatic heterocycles. The summed E-state index contributed by atoms with van der Waals surface area (Å²) in [6.07, 6.45) is 0. The second-order valence-corrected chi connectivity index (χ2v) is 4.79. The molecule has 0 saturated heterocycles. The molecule has 6 heteroatoms. The normalized spacial score (nSPS) is 10.2. The number of hydrogen-bond donors (Lipinski definition) is 2. The van der Waals surface area contributed by atoms with Gasteiger partial charge in [0.1, 0.15) is 5.82 Å². The first-order chi connectivity index (χ1) is 9.90. The van der Waals surface area contributed by atoms with Gasteiger partial charge in [-0.1, -0.05) is 23.7 Å². The van der Waals surface area contributed by atoms with Crippen molar-refractivity contribution in [3.63, 3.8) is 0 Å². The summed E-state index contributed by atoms with van der Waals surface area (Å²) in [6, 6.07) is 8.04. The summed E-state index contributed by atoms with van der Waals surface area (Å²) in [6.45, 7) is 1.65. The van der Waals surface area contributed by atoms with Crippen LogP contribution in [0.15, 0.2) is 36.4 Å². The van der Waals surface area contributed by atoms with Gasteiger partial charge in [-0.25, -0.2) is 9.18 Å². The average molecular weight is 308 g/mol. The van der Waals surface area contributed by atoms with E-state index in [1.807, 2.05) is 0 Å². The number of amides is 1. The number of halogens is 2. The molecule has 0 radical (unpaired) electrons. The summed E-state index contributed by atoms with van der Waals surface area (Å²) in [5, 5.41) is 11.6. The van der Waals surface area contributed by atoms with Crippen molar-refractivity contribution >= 4 is 29.2 Å². The number of para-hydroxylation sites is 1. The first-order valence-corrected chi connectivity index (χ1v) is 6.37. The number of rotatable bonds is 3. The van der Waals surface area contributed by atoms with Crippen LogP contribution in [-0.2, 0) is 0 Å². The zero-order valence-electron chi connectivity index (χ0n) is 11.0. The predicted molar refractivity (Wildman–Crippen MR) is 77.5 cm³/mol. The summed E-state index contributed by atoms with van der Waals surface area (Å²) in [5.41, 5.74) is 0.536. The van der Waals surface area contributed by atoms with E-state index in [1.165, 1.54) is 30.3 Å².